The zero-order valence-electron chi connectivity index (χ0n) is 7.13. The van der Waals surface area contributed by atoms with Gasteiger partial charge in [0.2, 0.25) is 5.78 Å². The number of hydrogen-bond donors (Lipinski definition) is 0. The summed E-state index contributed by atoms with van der Waals surface area (Å²) in [7, 11) is 0. The van der Waals surface area contributed by atoms with Crippen LogP contribution in [-0.2, 0) is 0 Å². The van der Waals surface area contributed by atoms with Gasteiger partial charge >= 0.3 is 0 Å². The number of nitrogens with zero attached hydrogens (tertiary/aromatic N) is 1. The number of ketones is 1. The van der Waals surface area contributed by atoms with E-state index in [2.05, 4.69) is 4.98 Å². The van der Waals surface area contributed by atoms with Crippen LogP contribution in [0.4, 0.5) is 0 Å². The molecule has 1 aromatic rings. The molecule has 3 heteroatoms. The summed E-state index contributed by atoms with van der Waals surface area (Å²) in [5.41, 5.74) is 0. The average Bonchev–Trinajstić information content (AvgIpc) is 2.59. The molecule has 0 aromatic carbocycles. The standard InChI is InChI=1S/C6H7NO2.C2H6/c1-2-5(8)6-7-3-4-9-6;1-2/h3-4H,2H2,1H3;1-2H3. The van der Waals surface area contributed by atoms with Crippen molar-refractivity contribution in [3.05, 3.63) is 18.4 Å². The van der Waals surface area contributed by atoms with Crippen LogP contribution in [0.15, 0.2) is 16.9 Å². The third-order valence-electron chi connectivity index (χ3n) is 0.992. The molecule has 3 nitrogen and oxygen atoms in total. The highest BCUT2D eigenvalue weighted by molar-refractivity contribution is 5.91. The van der Waals surface area contributed by atoms with E-state index in [0.29, 0.717) is 6.42 Å². The summed E-state index contributed by atoms with van der Waals surface area (Å²) in [6, 6.07) is 0. The monoisotopic (exact) mass is 155 g/mol. The minimum atomic E-state index is -0.0556. The molecular weight excluding hydrogens is 142 g/mol. The van der Waals surface area contributed by atoms with Crippen LogP contribution in [0.2, 0.25) is 0 Å². The molecule has 0 aliphatic heterocycles. The SMILES string of the molecule is CC.CCC(=O)c1ncco1. The summed E-state index contributed by atoms with van der Waals surface area (Å²) in [6.07, 6.45) is 3.30. The lowest BCUT2D eigenvalue weighted by Gasteiger charge is -1.84. The van der Waals surface area contributed by atoms with Crippen molar-refractivity contribution in [1.29, 1.82) is 0 Å². The lowest BCUT2D eigenvalue weighted by atomic mass is 10.3. The lowest BCUT2D eigenvalue weighted by molar-refractivity contribution is 0.0955. The molecule has 0 aliphatic carbocycles. The highest BCUT2D eigenvalue weighted by Crippen LogP contribution is 1.97. The van der Waals surface area contributed by atoms with Gasteiger partial charge in [-0.05, 0) is 0 Å². The fourth-order valence-electron chi connectivity index (χ4n) is 0.512. The van der Waals surface area contributed by atoms with Crippen LogP contribution in [0.1, 0.15) is 37.9 Å². The average molecular weight is 155 g/mol. The Bertz CT molecular complexity index is 192. The van der Waals surface area contributed by atoms with E-state index < -0.39 is 0 Å². The van der Waals surface area contributed by atoms with Gasteiger partial charge in [0.25, 0.3) is 5.89 Å². The van der Waals surface area contributed by atoms with Gasteiger partial charge in [-0.15, -0.1) is 0 Å². The van der Waals surface area contributed by atoms with Crippen molar-refractivity contribution in [2.45, 2.75) is 27.2 Å². The van der Waals surface area contributed by atoms with E-state index in [1.807, 2.05) is 13.8 Å². The first-order valence-electron chi connectivity index (χ1n) is 3.77. The van der Waals surface area contributed by atoms with Crippen molar-refractivity contribution in [1.82, 2.24) is 4.98 Å². The Kier molecular flexibility index (Phi) is 5.07. The molecule has 0 saturated heterocycles. The van der Waals surface area contributed by atoms with E-state index in [1.165, 1.54) is 12.5 Å². The second-order valence-corrected chi connectivity index (χ2v) is 1.61. The topological polar surface area (TPSA) is 43.1 Å². The maximum absolute atomic E-state index is 10.7. The Labute approximate surface area is 66.4 Å². The highest BCUT2D eigenvalue weighted by Gasteiger charge is 2.05. The zero-order chi connectivity index (χ0) is 8.69. The van der Waals surface area contributed by atoms with Gasteiger partial charge in [0.15, 0.2) is 0 Å². The van der Waals surface area contributed by atoms with Gasteiger partial charge in [-0.25, -0.2) is 4.98 Å². The van der Waals surface area contributed by atoms with Crippen LogP contribution >= 0.6 is 0 Å². The maximum atomic E-state index is 10.7. The second-order valence-electron chi connectivity index (χ2n) is 1.61. The molecule has 0 atom stereocenters. The van der Waals surface area contributed by atoms with Gasteiger partial charge in [0, 0.05) is 6.42 Å². The molecule has 0 N–H and O–H groups in total. The summed E-state index contributed by atoms with van der Waals surface area (Å²) < 4.78 is 4.73. The first-order valence-corrected chi connectivity index (χ1v) is 3.77. The lowest BCUT2D eigenvalue weighted by Crippen LogP contribution is -1.94. The Morgan fingerprint density at radius 2 is 2.27 bits per heavy atom. The first kappa shape index (κ1) is 9.88. The van der Waals surface area contributed by atoms with Crippen molar-refractivity contribution in [2.24, 2.45) is 0 Å². The Balaban J connectivity index is 0.000000461. The molecule has 11 heavy (non-hydrogen) atoms. The van der Waals surface area contributed by atoms with Gasteiger partial charge in [0.05, 0.1) is 6.20 Å². The summed E-state index contributed by atoms with van der Waals surface area (Å²) in [6.45, 7) is 5.77. The number of carbonyl (C=O) groups excluding carboxylic acids is 1. The van der Waals surface area contributed by atoms with Crippen molar-refractivity contribution in [3.8, 4) is 0 Å². The van der Waals surface area contributed by atoms with E-state index in [9.17, 15) is 4.79 Å². The van der Waals surface area contributed by atoms with E-state index in [1.54, 1.807) is 6.92 Å². The number of oxazole rings is 1. The molecular formula is C8H13NO2. The minimum absolute atomic E-state index is 0.0556. The molecule has 0 saturated carbocycles. The molecule has 0 aliphatic rings. The predicted molar refractivity (Wildman–Crippen MR) is 42.5 cm³/mol. The molecule has 0 amide bonds. The van der Waals surface area contributed by atoms with E-state index in [-0.39, 0.29) is 11.7 Å². The van der Waals surface area contributed by atoms with Crippen molar-refractivity contribution in [2.75, 3.05) is 0 Å². The fourth-order valence-corrected chi connectivity index (χ4v) is 0.512. The van der Waals surface area contributed by atoms with Gasteiger partial charge in [-0.3, -0.25) is 4.79 Å². The van der Waals surface area contributed by atoms with E-state index >= 15 is 0 Å². The van der Waals surface area contributed by atoms with Gasteiger partial charge < -0.3 is 4.42 Å². The third-order valence-corrected chi connectivity index (χ3v) is 0.992. The fraction of sp³-hybridized carbons (Fsp3) is 0.500. The molecule has 0 fully saturated rings. The molecule has 1 heterocycles. The smallest absolute Gasteiger partial charge is 0.263 e. The number of hydrogen-bond acceptors (Lipinski definition) is 3. The number of rotatable bonds is 2. The quantitative estimate of drug-likeness (QED) is 0.615. The Morgan fingerprint density at radius 1 is 1.64 bits per heavy atom. The minimum Gasteiger partial charge on any atom is -0.442 e. The van der Waals surface area contributed by atoms with Gasteiger partial charge in [-0.2, -0.15) is 0 Å². The third kappa shape index (κ3) is 2.98. The summed E-state index contributed by atoms with van der Waals surface area (Å²) in [4.78, 5) is 14.4. The van der Waals surface area contributed by atoms with Crippen molar-refractivity contribution in [3.63, 3.8) is 0 Å². The Morgan fingerprint density at radius 3 is 2.64 bits per heavy atom. The number of Topliss-reactive ketones (excluding diaryl/α,β-unsaturated/α-hetero) is 1. The summed E-state index contributed by atoms with van der Waals surface area (Å²) >= 11 is 0. The van der Waals surface area contributed by atoms with Crippen molar-refractivity contribution >= 4 is 5.78 Å². The van der Waals surface area contributed by atoms with Crippen LogP contribution in [-0.4, -0.2) is 10.8 Å². The molecule has 0 bridgehead atoms. The van der Waals surface area contributed by atoms with Crippen LogP contribution in [0.5, 0.6) is 0 Å². The molecule has 1 aromatic heterocycles. The van der Waals surface area contributed by atoms with Crippen LogP contribution < -0.4 is 0 Å². The second kappa shape index (κ2) is 5.65. The van der Waals surface area contributed by atoms with Crippen molar-refractivity contribution < 1.29 is 9.21 Å². The van der Waals surface area contributed by atoms with Gasteiger partial charge in [-0.1, -0.05) is 20.8 Å². The predicted octanol–water partition coefficient (Wildman–Crippen LogP) is 2.29. The molecule has 0 radical (unpaired) electrons. The molecule has 1 rings (SSSR count). The number of aromatic nitrogens is 1. The van der Waals surface area contributed by atoms with E-state index in [0.717, 1.165) is 0 Å². The van der Waals surface area contributed by atoms with Crippen LogP contribution in [0.3, 0.4) is 0 Å². The summed E-state index contributed by atoms with van der Waals surface area (Å²) in [5, 5.41) is 0. The normalized spacial score (nSPS) is 8.27. The first-order chi connectivity index (χ1) is 5.34. The molecule has 0 unspecified atom stereocenters. The molecule has 62 valence electrons. The van der Waals surface area contributed by atoms with Crippen LogP contribution in [0, 0.1) is 0 Å². The zero-order valence-corrected chi connectivity index (χ0v) is 7.13. The summed E-state index contributed by atoms with van der Waals surface area (Å²) in [5.74, 6) is 0.150. The number of carbonyl (C=O) groups is 1. The maximum Gasteiger partial charge on any atom is 0.263 e. The van der Waals surface area contributed by atoms with E-state index in [4.69, 9.17) is 4.42 Å². The molecule has 0 spiro atoms. The highest BCUT2D eigenvalue weighted by atomic mass is 16.3. The van der Waals surface area contributed by atoms with Gasteiger partial charge in [0.1, 0.15) is 6.26 Å². The Hall–Kier alpha value is -1.12. The largest absolute Gasteiger partial charge is 0.442 e. The van der Waals surface area contributed by atoms with Crippen LogP contribution in [0.25, 0.3) is 0 Å².